The molecule has 0 aromatic carbocycles. The number of carbonyl (C=O) groups excluding carboxylic acids is 1. The van der Waals surface area contributed by atoms with Crippen LogP contribution in [0, 0.1) is 0 Å². The van der Waals surface area contributed by atoms with E-state index in [1.807, 2.05) is 0 Å². The minimum absolute atomic E-state index is 0.00461. The van der Waals surface area contributed by atoms with E-state index in [1.165, 1.54) is 0 Å². The maximum Gasteiger partial charge on any atom is 0.264 e. The number of hydrogen-bond donors (Lipinski definition) is 2. The van der Waals surface area contributed by atoms with E-state index in [0.29, 0.717) is 0 Å². The third kappa shape index (κ3) is 6.44. The Bertz CT molecular complexity index is 279. The molecule has 2 N–H and O–H groups in total. The monoisotopic (exact) mass is 208 g/mol. The molecule has 0 heterocycles. The molecule has 0 saturated heterocycles. The van der Waals surface area contributed by atoms with Gasteiger partial charge in [0.05, 0.1) is 5.75 Å². The zero-order valence-corrected chi connectivity index (χ0v) is 7.83. The van der Waals surface area contributed by atoms with E-state index < -0.39 is 27.8 Å². The van der Waals surface area contributed by atoms with E-state index in [-0.39, 0.29) is 12.8 Å². The van der Waals surface area contributed by atoms with E-state index in [2.05, 4.69) is 6.58 Å². The first-order valence-corrected chi connectivity index (χ1v) is 5.27. The molecule has 0 saturated carbocycles. The Morgan fingerprint density at radius 1 is 1.54 bits per heavy atom. The van der Waals surface area contributed by atoms with Crippen LogP contribution in [0.3, 0.4) is 0 Å². The summed E-state index contributed by atoms with van der Waals surface area (Å²) in [7, 11) is -4.00. The minimum Gasteiger partial charge on any atom is -0.385 e. The Balaban J connectivity index is 3.78. The average molecular weight is 208 g/mol. The Morgan fingerprint density at radius 2 is 2.08 bits per heavy atom. The summed E-state index contributed by atoms with van der Waals surface area (Å²) in [6.07, 6.45) is -0.207. The first kappa shape index (κ1) is 12.3. The van der Waals surface area contributed by atoms with Crippen LogP contribution < -0.4 is 0 Å². The molecule has 0 aliphatic heterocycles. The van der Waals surface area contributed by atoms with Gasteiger partial charge in [0.2, 0.25) is 0 Å². The fraction of sp³-hybridized carbons (Fsp3) is 0.571. The Hall–Kier alpha value is -0.720. The molecule has 0 bridgehead atoms. The summed E-state index contributed by atoms with van der Waals surface area (Å²) >= 11 is 0. The molecule has 1 atom stereocenters. The first-order chi connectivity index (χ1) is 5.87. The molecule has 0 rings (SSSR count). The molecule has 76 valence electrons. The molecule has 0 aliphatic rings. The van der Waals surface area contributed by atoms with Crippen molar-refractivity contribution in [3.8, 4) is 0 Å². The van der Waals surface area contributed by atoms with Crippen molar-refractivity contribution in [2.75, 3.05) is 5.75 Å². The molecule has 0 spiro atoms. The zero-order valence-electron chi connectivity index (χ0n) is 7.01. The molecule has 5 nitrogen and oxygen atoms in total. The van der Waals surface area contributed by atoms with Gasteiger partial charge in [-0.2, -0.15) is 8.42 Å². The van der Waals surface area contributed by atoms with Crippen LogP contribution in [0.2, 0.25) is 0 Å². The molecule has 1 unspecified atom stereocenters. The number of aliphatic hydroxyl groups is 1. The quantitative estimate of drug-likeness (QED) is 0.464. The van der Waals surface area contributed by atoms with Gasteiger partial charge >= 0.3 is 0 Å². The minimum atomic E-state index is -4.00. The molecule has 0 aromatic rings. The van der Waals surface area contributed by atoms with Crippen molar-refractivity contribution in [3.63, 3.8) is 0 Å². The molecule has 0 radical (unpaired) electrons. The number of aliphatic hydroxyl groups excluding tert-OH is 1. The first-order valence-electron chi connectivity index (χ1n) is 3.66. The number of hydrogen-bond acceptors (Lipinski definition) is 4. The fourth-order valence-corrected chi connectivity index (χ4v) is 1.27. The largest absolute Gasteiger partial charge is 0.385 e. The van der Waals surface area contributed by atoms with Crippen molar-refractivity contribution >= 4 is 15.9 Å². The van der Waals surface area contributed by atoms with Gasteiger partial charge < -0.3 is 5.11 Å². The van der Waals surface area contributed by atoms with Gasteiger partial charge in [0.25, 0.3) is 10.1 Å². The summed E-state index contributed by atoms with van der Waals surface area (Å²) < 4.78 is 28.8. The Kier molecular flexibility index (Phi) is 4.82. The molecule has 0 amide bonds. The Labute approximate surface area is 76.8 Å². The SMILES string of the molecule is C=CC(=O)C(O)CCCS(=O)(=O)O. The molecule has 0 fully saturated rings. The highest BCUT2D eigenvalue weighted by Gasteiger charge is 2.12. The molecule has 0 aliphatic carbocycles. The second-order valence-corrected chi connectivity index (χ2v) is 4.12. The van der Waals surface area contributed by atoms with Crippen LogP contribution in [-0.4, -0.2) is 35.7 Å². The second-order valence-electron chi connectivity index (χ2n) is 2.55. The van der Waals surface area contributed by atoms with Gasteiger partial charge in [-0.15, -0.1) is 0 Å². The van der Waals surface area contributed by atoms with Gasteiger partial charge in [-0.3, -0.25) is 9.35 Å². The highest BCUT2D eigenvalue weighted by Crippen LogP contribution is 2.01. The number of rotatable bonds is 6. The maximum absolute atomic E-state index is 10.7. The third-order valence-corrected chi connectivity index (χ3v) is 2.21. The third-order valence-electron chi connectivity index (χ3n) is 1.41. The molecular formula is C7H12O5S. The van der Waals surface area contributed by atoms with Crippen molar-refractivity contribution in [3.05, 3.63) is 12.7 Å². The lowest BCUT2D eigenvalue weighted by atomic mass is 10.1. The lowest BCUT2D eigenvalue weighted by Crippen LogP contribution is -2.19. The van der Waals surface area contributed by atoms with E-state index >= 15 is 0 Å². The molecule has 0 aromatic heterocycles. The van der Waals surface area contributed by atoms with Crippen LogP contribution in [0.4, 0.5) is 0 Å². The normalized spacial score (nSPS) is 13.7. The van der Waals surface area contributed by atoms with Gasteiger partial charge in [0, 0.05) is 0 Å². The average Bonchev–Trinajstić information content (AvgIpc) is 2.00. The summed E-state index contributed by atoms with van der Waals surface area (Å²) in [5.41, 5.74) is 0. The van der Waals surface area contributed by atoms with Crippen LogP contribution in [-0.2, 0) is 14.9 Å². The van der Waals surface area contributed by atoms with Crippen LogP contribution in [0.1, 0.15) is 12.8 Å². The number of carbonyl (C=O) groups is 1. The molecule has 13 heavy (non-hydrogen) atoms. The van der Waals surface area contributed by atoms with Gasteiger partial charge in [0.1, 0.15) is 6.10 Å². The van der Waals surface area contributed by atoms with Gasteiger partial charge in [-0.1, -0.05) is 6.58 Å². The standard InChI is InChI=1S/C7H12O5S/c1-2-6(8)7(9)4-3-5-13(10,11)12/h2,7,9H,1,3-5H2,(H,10,11,12). The van der Waals surface area contributed by atoms with Crippen molar-refractivity contribution in [1.82, 2.24) is 0 Å². The summed E-state index contributed by atoms with van der Waals surface area (Å²) in [4.78, 5) is 10.7. The highest BCUT2D eigenvalue weighted by atomic mass is 32.2. The zero-order chi connectivity index (χ0) is 10.5. The van der Waals surface area contributed by atoms with E-state index in [1.54, 1.807) is 0 Å². The van der Waals surface area contributed by atoms with Gasteiger partial charge in [-0.25, -0.2) is 0 Å². The summed E-state index contributed by atoms with van der Waals surface area (Å²) in [6, 6.07) is 0. The lowest BCUT2D eigenvalue weighted by Gasteiger charge is -2.04. The summed E-state index contributed by atoms with van der Waals surface area (Å²) in [6.45, 7) is 3.16. The molecular weight excluding hydrogens is 196 g/mol. The van der Waals surface area contributed by atoms with Crippen molar-refractivity contribution in [2.24, 2.45) is 0 Å². The predicted octanol–water partition coefficient (Wildman–Crippen LogP) is -0.230. The maximum atomic E-state index is 10.7. The lowest BCUT2D eigenvalue weighted by molar-refractivity contribution is -0.122. The Morgan fingerprint density at radius 3 is 2.46 bits per heavy atom. The highest BCUT2D eigenvalue weighted by molar-refractivity contribution is 7.85. The van der Waals surface area contributed by atoms with Crippen molar-refractivity contribution in [2.45, 2.75) is 18.9 Å². The van der Waals surface area contributed by atoms with E-state index in [0.717, 1.165) is 6.08 Å². The summed E-state index contributed by atoms with van der Waals surface area (Å²) in [5, 5.41) is 9.02. The van der Waals surface area contributed by atoms with Crippen LogP contribution >= 0.6 is 0 Å². The summed E-state index contributed by atoms with van der Waals surface area (Å²) in [5.74, 6) is -0.996. The predicted molar refractivity (Wildman–Crippen MR) is 46.9 cm³/mol. The topological polar surface area (TPSA) is 91.7 Å². The fourth-order valence-electron chi connectivity index (χ4n) is 0.737. The molecule has 6 heteroatoms. The van der Waals surface area contributed by atoms with Crippen molar-refractivity contribution < 1.29 is 22.9 Å². The van der Waals surface area contributed by atoms with E-state index in [4.69, 9.17) is 9.66 Å². The number of ketones is 1. The van der Waals surface area contributed by atoms with E-state index in [9.17, 15) is 13.2 Å². The van der Waals surface area contributed by atoms with Gasteiger partial charge in [0.15, 0.2) is 5.78 Å². The van der Waals surface area contributed by atoms with Gasteiger partial charge in [-0.05, 0) is 18.9 Å². The van der Waals surface area contributed by atoms with Crippen LogP contribution in [0.15, 0.2) is 12.7 Å². The second kappa shape index (κ2) is 5.11. The van der Waals surface area contributed by atoms with Crippen LogP contribution in [0.25, 0.3) is 0 Å². The van der Waals surface area contributed by atoms with Crippen LogP contribution in [0.5, 0.6) is 0 Å². The van der Waals surface area contributed by atoms with Crippen molar-refractivity contribution in [1.29, 1.82) is 0 Å². The smallest absolute Gasteiger partial charge is 0.264 e.